The summed E-state index contributed by atoms with van der Waals surface area (Å²) in [5.74, 6) is 1.89. The number of nitrogens with zero attached hydrogens (tertiary/aromatic N) is 1. The van der Waals surface area contributed by atoms with E-state index in [-0.39, 0.29) is 5.91 Å². The number of hydrogen-bond donors (Lipinski definition) is 1. The lowest BCUT2D eigenvalue weighted by Crippen LogP contribution is -2.35. The van der Waals surface area contributed by atoms with Gasteiger partial charge < -0.3 is 19.7 Å². The van der Waals surface area contributed by atoms with Crippen LogP contribution in [0.4, 0.5) is 0 Å². The Balaban J connectivity index is 1.76. The summed E-state index contributed by atoms with van der Waals surface area (Å²) < 4.78 is 11.3. The molecule has 0 bridgehead atoms. The average molecular weight is 413 g/mol. The van der Waals surface area contributed by atoms with Crippen LogP contribution in [0.1, 0.15) is 43.0 Å². The van der Waals surface area contributed by atoms with Gasteiger partial charge >= 0.3 is 0 Å². The number of likely N-dealkylation sites (tertiary alicyclic amines) is 1. The number of rotatable bonds is 8. The lowest BCUT2D eigenvalue weighted by atomic mass is 10.0. The zero-order valence-electron chi connectivity index (χ0n) is 15.4. The fraction of sp³-hybridized carbons (Fsp3) is 0.632. The zero-order valence-corrected chi connectivity index (χ0v) is 17.0. The monoisotopic (exact) mass is 412 g/mol. The van der Waals surface area contributed by atoms with Crippen molar-refractivity contribution in [1.82, 2.24) is 10.2 Å². The third-order valence-corrected chi connectivity index (χ3v) is 5.42. The summed E-state index contributed by atoms with van der Waals surface area (Å²) in [6, 6.07) is 3.44. The van der Waals surface area contributed by atoms with Gasteiger partial charge in [-0.3, -0.25) is 4.79 Å². The standard InChI is InChI=1S/C19H29BrN2O3/c1-14-7-6-10-22(13-14)9-5-4-8-21-19(23)15-11-16(24-2)18(20)17(12-15)25-3/h11-12,14H,4-10,13H2,1-3H3,(H,21,23). The summed E-state index contributed by atoms with van der Waals surface area (Å²) in [7, 11) is 3.14. The van der Waals surface area contributed by atoms with E-state index in [0.717, 1.165) is 25.3 Å². The van der Waals surface area contributed by atoms with Gasteiger partial charge in [0.2, 0.25) is 0 Å². The molecule has 5 nitrogen and oxygen atoms in total. The van der Waals surface area contributed by atoms with Gasteiger partial charge in [-0.2, -0.15) is 0 Å². The predicted molar refractivity (Wildman–Crippen MR) is 104 cm³/mol. The zero-order chi connectivity index (χ0) is 18.2. The van der Waals surface area contributed by atoms with Gasteiger partial charge in [0, 0.05) is 18.7 Å². The summed E-state index contributed by atoms with van der Waals surface area (Å²) in [4.78, 5) is 14.9. The molecular weight excluding hydrogens is 384 g/mol. The molecule has 140 valence electrons. The van der Waals surface area contributed by atoms with Gasteiger partial charge in [0.05, 0.1) is 14.2 Å². The minimum atomic E-state index is -0.101. The number of nitrogens with one attached hydrogen (secondary N) is 1. The van der Waals surface area contributed by atoms with Gasteiger partial charge in [-0.15, -0.1) is 0 Å². The first-order valence-corrected chi connectivity index (χ1v) is 9.76. The molecule has 25 heavy (non-hydrogen) atoms. The summed E-state index contributed by atoms with van der Waals surface area (Å²) in [6.45, 7) is 6.57. The summed E-state index contributed by atoms with van der Waals surface area (Å²) in [6.07, 6.45) is 4.76. The Labute approximate surface area is 159 Å². The second-order valence-corrected chi connectivity index (χ2v) is 7.50. The highest BCUT2D eigenvalue weighted by Gasteiger charge is 2.16. The number of carbonyl (C=O) groups excluding carboxylic acids is 1. The highest BCUT2D eigenvalue weighted by molar-refractivity contribution is 9.10. The molecule has 0 aromatic heterocycles. The first kappa shape index (κ1) is 20.0. The van der Waals surface area contributed by atoms with Crippen LogP contribution in [0.25, 0.3) is 0 Å². The smallest absolute Gasteiger partial charge is 0.251 e. The van der Waals surface area contributed by atoms with Gasteiger partial charge in [0.25, 0.3) is 5.91 Å². The van der Waals surface area contributed by atoms with Crippen molar-refractivity contribution in [3.05, 3.63) is 22.2 Å². The molecule has 0 saturated carbocycles. The summed E-state index contributed by atoms with van der Waals surface area (Å²) in [5.41, 5.74) is 0.543. The maximum atomic E-state index is 12.4. The van der Waals surface area contributed by atoms with E-state index in [1.165, 1.54) is 25.9 Å². The number of carbonyl (C=O) groups is 1. The molecule has 0 aliphatic carbocycles. The maximum absolute atomic E-state index is 12.4. The molecule has 1 saturated heterocycles. The van der Waals surface area contributed by atoms with Crippen molar-refractivity contribution in [2.24, 2.45) is 5.92 Å². The molecule has 1 unspecified atom stereocenters. The second-order valence-electron chi connectivity index (χ2n) is 6.71. The fourth-order valence-electron chi connectivity index (χ4n) is 3.25. The molecule has 1 fully saturated rings. The van der Waals surface area contributed by atoms with Gasteiger partial charge in [0.15, 0.2) is 0 Å². The number of hydrogen-bond acceptors (Lipinski definition) is 4. The molecule has 1 aromatic rings. The number of methoxy groups -OCH3 is 2. The van der Waals surface area contributed by atoms with Crippen LogP contribution < -0.4 is 14.8 Å². The molecule has 1 aliphatic heterocycles. The Morgan fingerprint density at radius 2 is 1.96 bits per heavy atom. The van der Waals surface area contributed by atoms with Crippen LogP contribution >= 0.6 is 15.9 Å². The number of amides is 1. The molecule has 1 aliphatic rings. The summed E-state index contributed by atoms with van der Waals surface area (Å²) >= 11 is 3.41. The van der Waals surface area contributed by atoms with Gasteiger partial charge in [-0.05, 0) is 72.8 Å². The van der Waals surface area contributed by atoms with Crippen LogP contribution in [0, 0.1) is 5.92 Å². The number of benzene rings is 1. The Kier molecular flexibility index (Phi) is 8.03. The maximum Gasteiger partial charge on any atom is 0.251 e. The SMILES string of the molecule is COc1cc(C(=O)NCCCCN2CCCC(C)C2)cc(OC)c1Br. The lowest BCUT2D eigenvalue weighted by Gasteiger charge is -2.30. The fourth-order valence-corrected chi connectivity index (χ4v) is 3.81. The van der Waals surface area contributed by atoms with E-state index in [9.17, 15) is 4.79 Å². The van der Waals surface area contributed by atoms with Crippen LogP contribution in [0.2, 0.25) is 0 Å². The molecule has 1 amide bonds. The third kappa shape index (κ3) is 5.89. The van der Waals surface area contributed by atoms with Crippen molar-refractivity contribution in [3.8, 4) is 11.5 Å². The first-order valence-electron chi connectivity index (χ1n) is 8.97. The van der Waals surface area contributed by atoms with E-state index in [4.69, 9.17) is 9.47 Å². The largest absolute Gasteiger partial charge is 0.495 e. The Hall–Kier alpha value is -1.27. The van der Waals surface area contributed by atoms with E-state index < -0.39 is 0 Å². The summed E-state index contributed by atoms with van der Waals surface area (Å²) in [5, 5.41) is 2.98. The Morgan fingerprint density at radius 1 is 1.28 bits per heavy atom. The predicted octanol–water partition coefficient (Wildman–Crippen LogP) is 3.71. The molecule has 1 atom stereocenters. The highest BCUT2D eigenvalue weighted by atomic mass is 79.9. The quantitative estimate of drug-likeness (QED) is 0.661. The van der Waals surface area contributed by atoms with Crippen LogP contribution in [0.3, 0.4) is 0 Å². The van der Waals surface area contributed by atoms with Crippen molar-refractivity contribution in [2.45, 2.75) is 32.6 Å². The van der Waals surface area contributed by atoms with Crippen LogP contribution in [0.15, 0.2) is 16.6 Å². The molecule has 1 N–H and O–H groups in total. The molecule has 1 heterocycles. The van der Waals surface area contributed by atoms with Gasteiger partial charge in [-0.25, -0.2) is 0 Å². The lowest BCUT2D eigenvalue weighted by molar-refractivity contribution is 0.0951. The molecule has 0 spiro atoms. The Morgan fingerprint density at radius 3 is 2.56 bits per heavy atom. The van der Waals surface area contributed by atoms with Crippen molar-refractivity contribution >= 4 is 21.8 Å². The molecule has 2 rings (SSSR count). The minimum absolute atomic E-state index is 0.101. The highest BCUT2D eigenvalue weighted by Crippen LogP contribution is 2.35. The molecular formula is C19H29BrN2O3. The van der Waals surface area contributed by atoms with Crippen LogP contribution in [-0.2, 0) is 0 Å². The molecule has 6 heteroatoms. The van der Waals surface area contributed by atoms with Crippen molar-refractivity contribution in [2.75, 3.05) is 40.4 Å². The third-order valence-electron chi connectivity index (χ3n) is 4.64. The van der Waals surface area contributed by atoms with E-state index >= 15 is 0 Å². The number of halogens is 1. The Bertz CT molecular complexity index is 555. The van der Waals surface area contributed by atoms with Gasteiger partial charge in [0.1, 0.15) is 16.0 Å². The van der Waals surface area contributed by atoms with E-state index in [0.29, 0.717) is 28.1 Å². The molecule has 1 aromatic carbocycles. The van der Waals surface area contributed by atoms with Crippen molar-refractivity contribution < 1.29 is 14.3 Å². The number of unbranched alkanes of at least 4 members (excludes halogenated alkanes) is 1. The van der Waals surface area contributed by atoms with Crippen LogP contribution in [0.5, 0.6) is 11.5 Å². The average Bonchev–Trinajstić information content (AvgIpc) is 2.61. The van der Waals surface area contributed by atoms with E-state index in [1.54, 1.807) is 26.4 Å². The van der Waals surface area contributed by atoms with Gasteiger partial charge in [-0.1, -0.05) is 6.92 Å². The minimum Gasteiger partial charge on any atom is -0.495 e. The normalized spacial score (nSPS) is 18.0. The van der Waals surface area contributed by atoms with Crippen molar-refractivity contribution in [3.63, 3.8) is 0 Å². The topological polar surface area (TPSA) is 50.8 Å². The number of ether oxygens (including phenoxy) is 2. The van der Waals surface area contributed by atoms with Crippen molar-refractivity contribution in [1.29, 1.82) is 0 Å². The van der Waals surface area contributed by atoms with Crippen LogP contribution in [-0.4, -0.2) is 51.2 Å². The first-order chi connectivity index (χ1) is 12.0. The number of piperidine rings is 1. The van der Waals surface area contributed by atoms with E-state index in [2.05, 4.69) is 33.1 Å². The van der Waals surface area contributed by atoms with E-state index in [1.807, 2.05) is 0 Å². The second kappa shape index (κ2) is 10.0. The molecule has 0 radical (unpaired) electrons.